The van der Waals surface area contributed by atoms with Gasteiger partial charge in [-0.3, -0.25) is 0 Å². The Bertz CT molecular complexity index is 2510. The first kappa shape index (κ1) is 30.0. The van der Waals surface area contributed by atoms with E-state index in [9.17, 15) is 0 Å². The first-order valence-corrected chi connectivity index (χ1v) is 17.7. The summed E-state index contributed by atoms with van der Waals surface area (Å²) in [6.07, 6.45) is 0. The van der Waals surface area contributed by atoms with E-state index >= 15 is 0 Å². The molecule has 246 valence electrons. The van der Waals surface area contributed by atoms with E-state index in [-0.39, 0.29) is 0 Å². The Kier molecular flexibility index (Phi) is 7.04. The molecule has 0 fully saturated rings. The highest BCUT2D eigenvalue weighted by Gasteiger charge is 2.48. The zero-order chi connectivity index (χ0) is 34.5. The van der Waals surface area contributed by atoms with Gasteiger partial charge in [0.25, 0.3) is 0 Å². The third-order valence-electron chi connectivity index (χ3n) is 10.4. The van der Waals surface area contributed by atoms with Crippen molar-refractivity contribution in [1.29, 1.82) is 0 Å². The van der Waals surface area contributed by atoms with Crippen LogP contribution in [0.3, 0.4) is 0 Å². The molecule has 0 aromatic heterocycles. The Balaban J connectivity index is 1.20. The van der Waals surface area contributed by atoms with E-state index < -0.39 is 5.41 Å². The van der Waals surface area contributed by atoms with Crippen LogP contribution < -0.4 is 14.4 Å². The third-order valence-corrected chi connectivity index (χ3v) is 10.4. The molecule has 0 amide bonds. The van der Waals surface area contributed by atoms with Crippen molar-refractivity contribution in [1.82, 2.24) is 0 Å². The molecule has 1 atom stereocenters. The summed E-state index contributed by atoms with van der Waals surface area (Å²) in [6, 6.07) is 70.8. The maximum atomic E-state index is 6.74. The van der Waals surface area contributed by atoms with Crippen molar-refractivity contribution in [2.45, 2.75) is 5.41 Å². The molecule has 10 rings (SSSR count). The number of nitrogens with zero attached hydrogens (tertiary/aromatic N) is 1. The van der Waals surface area contributed by atoms with Crippen molar-refractivity contribution in [2.75, 3.05) is 4.90 Å². The van der Waals surface area contributed by atoms with Gasteiger partial charge < -0.3 is 14.4 Å². The lowest BCUT2D eigenvalue weighted by molar-refractivity contribution is 0.360. The topological polar surface area (TPSA) is 21.7 Å². The molecule has 0 saturated heterocycles. The van der Waals surface area contributed by atoms with E-state index in [0.29, 0.717) is 0 Å². The summed E-state index contributed by atoms with van der Waals surface area (Å²) in [7, 11) is 0. The minimum absolute atomic E-state index is 0.626. The van der Waals surface area contributed by atoms with Crippen LogP contribution in [0, 0.1) is 0 Å². The average molecular weight is 668 g/mol. The molecule has 1 aliphatic carbocycles. The average Bonchev–Trinajstić information content (AvgIpc) is 3.53. The number of benzene rings is 8. The van der Waals surface area contributed by atoms with E-state index in [4.69, 9.17) is 9.47 Å². The summed E-state index contributed by atoms with van der Waals surface area (Å²) in [4.78, 5) is 2.31. The van der Waals surface area contributed by atoms with Crippen LogP contribution in [0.25, 0.3) is 22.3 Å². The van der Waals surface area contributed by atoms with E-state index in [1.165, 1.54) is 33.4 Å². The predicted octanol–water partition coefficient (Wildman–Crippen LogP) is 13.1. The smallest absolute Gasteiger partial charge is 0.178 e. The zero-order valence-electron chi connectivity index (χ0n) is 28.3. The number of hydrogen-bond acceptors (Lipinski definition) is 3. The quantitative estimate of drug-likeness (QED) is 0.176. The van der Waals surface area contributed by atoms with E-state index in [1.807, 2.05) is 24.3 Å². The van der Waals surface area contributed by atoms with Gasteiger partial charge in [-0.15, -0.1) is 0 Å². The normalized spacial score (nSPS) is 14.9. The van der Waals surface area contributed by atoms with Gasteiger partial charge in [0.05, 0.1) is 5.41 Å². The Labute approximate surface area is 303 Å². The fourth-order valence-electron chi connectivity index (χ4n) is 8.14. The minimum atomic E-state index is -0.626. The van der Waals surface area contributed by atoms with Crippen molar-refractivity contribution in [3.05, 3.63) is 222 Å². The lowest BCUT2D eigenvalue weighted by Crippen LogP contribution is -2.28. The van der Waals surface area contributed by atoms with Gasteiger partial charge >= 0.3 is 0 Å². The van der Waals surface area contributed by atoms with Crippen molar-refractivity contribution in [2.24, 2.45) is 0 Å². The zero-order valence-corrected chi connectivity index (χ0v) is 28.3. The van der Waals surface area contributed by atoms with Gasteiger partial charge in [0, 0.05) is 22.6 Å². The van der Waals surface area contributed by atoms with Crippen molar-refractivity contribution in [3.8, 4) is 45.3 Å². The Morgan fingerprint density at radius 3 is 1.50 bits per heavy atom. The first-order valence-electron chi connectivity index (χ1n) is 17.7. The number of fused-ring (bicyclic) bond motifs is 6. The van der Waals surface area contributed by atoms with Gasteiger partial charge in [-0.2, -0.15) is 0 Å². The molecule has 0 N–H and O–H groups in total. The molecule has 2 aliphatic rings. The fraction of sp³-hybridized carbons (Fsp3) is 0.0204. The predicted molar refractivity (Wildman–Crippen MR) is 210 cm³/mol. The molecule has 3 heteroatoms. The lowest BCUT2D eigenvalue weighted by atomic mass is 9.67. The highest BCUT2D eigenvalue weighted by molar-refractivity contribution is 5.92. The Morgan fingerprint density at radius 2 is 0.846 bits per heavy atom. The number of rotatable bonds is 6. The van der Waals surface area contributed by atoms with E-state index in [0.717, 1.165) is 51.2 Å². The molecule has 0 saturated carbocycles. The Morgan fingerprint density at radius 1 is 0.346 bits per heavy atom. The third kappa shape index (κ3) is 4.67. The maximum absolute atomic E-state index is 6.74. The van der Waals surface area contributed by atoms with Gasteiger partial charge in [-0.05, 0) is 93.5 Å². The van der Waals surface area contributed by atoms with Crippen molar-refractivity contribution < 1.29 is 9.47 Å². The van der Waals surface area contributed by atoms with Crippen LogP contribution in [0.2, 0.25) is 0 Å². The van der Waals surface area contributed by atoms with Crippen molar-refractivity contribution in [3.63, 3.8) is 0 Å². The summed E-state index contributed by atoms with van der Waals surface area (Å²) in [5.74, 6) is 2.92. The molecule has 8 aromatic rings. The summed E-state index contributed by atoms with van der Waals surface area (Å²) in [5.41, 5.74) is 12.0. The van der Waals surface area contributed by atoms with Crippen LogP contribution in [0.5, 0.6) is 23.0 Å². The molecular weight excluding hydrogens is 635 g/mol. The molecule has 1 aliphatic heterocycles. The highest BCUT2D eigenvalue weighted by atomic mass is 16.6. The highest BCUT2D eigenvalue weighted by Crippen LogP contribution is 2.62. The number of anilines is 3. The lowest BCUT2D eigenvalue weighted by Gasteiger charge is -2.35. The summed E-state index contributed by atoms with van der Waals surface area (Å²) in [6.45, 7) is 0. The second kappa shape index (κ2) is 12.2. The SMILES string of the molecule is c1ccc(-c2ccc(C3(c4ccc(N(c5ccccc5)c5ccccc5)cc4)c4ccccc4-c4c3ccc3c4Oc4ccccc4O3)cc2)cc1. The van der Waals surface area contributed by atoms with Crippen LogP contribution in [-0.4, -0.2) is 0 Å². The molecule has 3 nitrogen and oxygen atoms in total. The van der Waals surface area contributed by atoms with Gasteiger partial charge in [0.1, 0.15) is 0 Å². The van der Waals surface area contributed by atoms with Gasteiger partial charge in [0.15, 0.2) is 23.0 Å². The summed E-state index contributed by atoms with van der Waals surface area (Å²) in [5, 5.41) is 0. The summed E-state index contributed by atoms with van der Waals surface area (Å²) >= 11 is 0. The largest absolute Gasteiger partial charge is 0.449 e. The van der Waals surface area contributed by atoms with Gasteiger partial charge in [-0.25, -0.2) is 0 Å². The second-order valence-electron chi connectivity index (χ2n) is 13.3. The Hall–Kier alpha value is -6.84. The number of hydrogen-bond donors (Lipinski definition) is 0. The molecule has 1 heterocycles. The summed E-state index contributed by atoms with van der Waals surface area (Å²) < 4.78 is 13.2. The molecule has 0 bridgehead atoms. The molecule has 8 aromatic carbocycles. The van der Waals surface area contributed by atoms with E-state index in [1.54, 1.807) is 0 Å². The van der Waals surface area contributed by atoms with Crippen LogP contribution in [0.4, 0.5) is 17.1 Å². The van der Waals surface area contributed by atoms with Crippen LogP contribution in [0.1, 0.15) is 22.3 Å². The van der Waals surface area contributed by atoms with E-state index in [2.05, 4.69) is 181 Å². The van der Waals surface area contributed by atoms with Gasteiger partial charge in [0.2, 0.25) is 0 Å². The number of ether oxygens (including phenoxy) is 2. The first-order chi connectivity index (χ1) is 25.8. The molecule has 52 heavy (non-hydrogen) atoms. The van der Waals surface area contributed by atoms with Gasteiger partial charge in [-0.1, -0.05) is 146 Å². The van der Waals surface area contributed by atoms with Crippen LogP contribution >= 0.6 is 0 Å². The standard InChI is InChI=1S/C49H33NO2/c1-4-14-34(15-5-1)35-24-26-36(27-25-35)49(37-28-30-40(31-29-37)50(38-16-6-2-7-17-38)39-18-8-3-9-19-39)42-21-11-10-20-41(42)47-43(49)32-33-46-48(47)52-45-23-13-12-22-44(45)51-46/h1-33H. The molecule has 0 radical (unpaired) electrons. The number of para-hydroxylation sites is 4. The second-order valence-corrected chi connectivity index (χ2v) is 13.3. The van der Waals surface area contributed by atoms with Crippen molar-refractivity contribution >= 4 is 17.1 Å². The fourth-order valence-corrected chi connectivity index (χ4v) is 8.14. The molecule has 1 unspecified atom stereocenters. The monoisotopic (exact) mass is 667 g/mol. The van der Waals surface area contributed by atoms with Crippen LogP contribution in [0.15, 0.2) is 200 Å². The minimum Gasteiger partial charge on any atom is -0.449 e. The molecule has 0 spiro atoms. The van der Waals surface area contributed by atoms with Crippen LogP contribution in [-0.2, 0) is 5.41 Å². The maximum Gasteiger partial charge on any atom is 0.178 e. The molecular formula is C49H33NO2.